The fourth-order valence-electron chi connectivity index (χ4n) is 3.84. The molecule has 0 bridgehead atoms. The highest BCUT2D eigenvalue weighted by molar-refractivity contribution is 9.10. The van der Waals surface area contributed by atoms with Crippen LogP contribution in [0.3, 0.4) is 0 Å². The summed E-state index contributed by atoms with van der Waals surface area (Å²) in [6, 6.07) is 15.6. The quantitative estimate of drug-likeness (QED) is 0.200. The molecular weight excluding hydrogens is 618 g/mol. The first-order chi connectivity index (χ1) is 18.3. The number of hydrogen-bond acceptors (Lipinski definition) is 6. The molecule has 38 heavy (non-hydrogen) atoms. The largest absolute Gasteiger partial charge is 0.490 e. The second kappa shape index (κ2) is 12.4. The number of nitrogens with zero attached hydrogens (tertiary/aromatic N) is 3. The highest BCUT2D eigenvalue weighted by atomic mass is 79.9. The predicted molar refractivity (Wildman–Crippen MR) is 154 cm³/mol. The molecular formula is C28H25Br2N3O5. The number of aromatic nitrogens is 2. The summed E-state index contributed by atoms with van der Waals surface area (Å²) in [6.45, 7) is 4.45. The van der Waals surface area contributed by atoms with Gasteiger partial charge in [-0.05, 0) is 82.9 Å². The van der Waals surface area contributed by atoms with Gasteiger partial charge < -0.3 is 14.6 Å². The first-order valence-corrected chi connectivity index (χ1v) is 13.6. The fourth-order valence-corrected chi connectivity index (χ4v) is 4.77. The van der Waals surface area contributed by atoms with E-state index < -0.39 is 5.97 Å². The molecule has 0 aliphatic rings. The van der Waals surface area contributed by atoms with Gasteiger partial charge in [0, 0.05) is 10.9 Å². The van der Waals surface area contributed by atoms with Gasteiger partial charge in [-0.3, -0.25) is 4.79 Å². The molecule has 1 heterocycles. The van der Waals surface area contributed by atoms with Crippen molar-refractivity contribution >= 4 is 54.9 Å². The van der Waals surface area contributed by atoms with E-state index in [9.17, 15) is 14.7 Å². The lowest BCUT2D eigenvalue weighted by atomic mass is 10.1. The van der Waals surface area contributed by atoms with Crippen LogP contribution in [-0.2, 0) is 13.0 Å². The van der Waals surface area contributed by atoms with Crippen LogP contribution in [0.4, 0.5) is 0 Å². The fraction of sp³-hybridized carbons (Fsp3) is 0.214. The Hall–Kier alpha value is -3.50. The molecule has 0 spiro atoms. The van der Waals surface area contributed by atoms with Crippen molar-refractivity contribution in [2.45, 2.75) is 33.3 Å². The Balaban J connectivity index is 1.67. The molecule has 0 fully saturated rings. The van der Waals surface area contributed by atoms with E-state index in [1.807, 2.05) is 32.0 Å². The average Bonchev–Trinajstić information content (AvgIpc) is 2.89. The first kappa shape index (κ1) is 27.5. The molecule has 0 aliphatic heterocycles. The molecule has 10 heteroatoms. The summed E-state index contributed by atoms with van der Waals surface area (Å²) in [6.07, 6.45) is 2.99. The molecule has 4 rings (SSSR count). The number of carboxylic acids is 1. The monoisotopic (exact) mass is 641 g/mol. The number of rotatable bonds is 10. The van der Waals surface area contributed by atoms with Gasteiger partial charge in [0.2, 0.25) is 0 Å². The van der Waals surface area contributed by atoms with Gasteiger partial charge in [0.05, 0.1) is 33.8 Å². The molecule has 1 N–H and O–H groups in total. The number of halogens is 2. The van der Waals surface area contributed by atoms with E-state index in [0.29, 0.717) is 56.9 Å². The van der Waals surface area contributed by atoms with Gasteiger partial charge in [-0.25, -0.2) is 9.78 Å². The zero-order valence-electron chi connectivity index (χ0n) is 20.8. The van der Waals surface area contributed by atoms with Gasteiger partial charge in [-0.2, -0.15) is 9.78 Å². The second-order valence-corrected chi connectivity index (χ2v) is 10.1. The third kappa shape index (κ3) is 6.31. The molecule has 0 saturated carbocycles. The van der Waals surface area contributed by atoms with Crippen molar-refractivity contribution < 1.29 is 19.4 Å². The third-order valence-electron chi connectivity index (χ3n) is 5.56. The number of aryl methyl sites for hydroxylation is 1. The molecule has 0 saturated heterocycles. The molecule has 8 nitrogen and oxygen atoms in total. The zero-order valence-corrected chi connectivity index (χ0v) is 24.0. The van der Waals surface area contributed by atoms with E-state index in [1.165, 1.54) is 10.7 Å². The number of carboxylic acid groups (broad SMARTS) is 1. The van der Waals surface area contributed by atoms with Crippen molar-refractivity contribution in [3.05, 3.63) is 96.4 Å². The van der Waals surface area contributed by atoms with E-state index >= 15 is 0 Å². The molecule has 4 aromatic rings. The number of aromatic carboxylic acids is 1. The van der Waals surface area contributed by atoms with Crippen LogP contribution in [0.5, 0.6) is 11.5 Å². The predicted octanol–water partition coefficient (Wildman–Crippen LogP) is 6.43. The topological polar surface area (TPSA) is 103 Å². The third-order valence-corrected chi connectivity index (χ3v) is 6.64. The Morgan fingerprint density at radius 3 is 2.66 bits per heavy atom. The lowest BCUT2D eigenvalue weighted by Crippen LogP contribution is -2.22. The number of ether oxygens (including phenoxy) is 2. The van der Waals surface area contributed by atoms with Gasteiger partial charge in [-0.15, -0.1) is 0 Å². The maximum Gasteiger partial charge on any atom is 0.335 e. The lowest BCUT2D eigenvalue weighted by molar-refractivity contribution is 0.0696. The van der Waals surface area contributed by atoms with Crippen molar-refractivity contribution in [2.75, 3.05) is 6.61 Å². The van der Waals surface area contributed by atoms with Crippen molar-refractivity contribution in [3.8, 4) is 11.5 Å². The van der Waals surface area contributed by atoms with Crippen LogP contribution < -0.4 is 15.0 Å². The van der Waals surface area contributed by atoms with E-state index in [2.05, 4.69) is 41.9 Å². The Morgan fingerprint density at radius 1 is 1.11 bits per heavy atom. The standard InChI is InChI=1S/C28H25Br2N3O5/c1-3-6-25-32-23-10-9-20(29)14-21(23)27(34)33(25)31-15-18-12-22(30)26(24(13-18)37-4-2)38-16-17-7-5-8-19(11-17)28(35)36/h5,7-15H,3-4,6,16H2,1-2H3,(H,35,36). The molecule has 196 valence electrons. The van der Waals surface area contributed by atoms with Crippen molar-refractivity contribution in [1.82, 2.24) is 9.66 Å². The van der Waals surface area contributed by atoms with Crippen molar-refractivity contribution in [3.63, 3.8) is 0 Å². The molecule has 3 aromatic carbocycles. The van der Waals surface area contributed by atoms with Crippen LogP contribution >= 0.6 is 31.9 Å². The van der Waals surface area contributed by atoms with Crippen LogP contribution in [0.15, 0.2) is 73.4 Å². The zero-order chi connectivity index (χ0) is 27.2. The van der Waals surface area contributed by atoms with Gasteiger partial charge in [0.25, 0.3) is 5.56 Å². The van der Waals surface area contributed by atoms with E-state index in [4.69, 9.17) is 9.47 Å². The van der Waals surface area contributed by atoms with Crippen molar-refractivity contribution in [2.24, 2.45) is 5.10 Å². The summed E-state index contributed by atoms with van der Waals surface area (Å²) >= 11 is 6.97. The maximum atomic E-state index is 13.3. The van der Waals surface area contributed by atoms with Gasteiger partial charge in [-0.1, -0.05) is 35.0 Å². The Morgan fingerprint density at radius 2 is 1.92 bits per heavy atom. The Bertz CT molecular complexity index is 1580. The molecule has 0 aliphatic carbocycles. The average molecular weight is 643 g/mol. The number of benzene rings is 3. The van der Waals surface area contributed by atoms with Gasteiger partial charge >= 0.3 is 5.97 Å². The van der Waals surface area contributed by atoms with E-state index in [-0.39, 0.29) is 17.7 Å². The molecule has 0 radical (unpaired) electrons. The number of fused-ring (bicyclic) bond motifs is 1. The van der Waals surface area contributed by atoms with Gasteiger partial charge in [0.1, 0.15) is 12.4 Å². The summed E-state index contributed by atoms with van der Waals surface area (Å²) in [5, 5.41) is 14.2. The van der Waals surface area contributed by atoms with E-state index in [1.54, 1.807) is 36.5 Å². The molecule has 0 unspecified atom stereocenters. The molecule has 0 amide bonds. The van der Waals surface area contributed by atoms with E-state index in [0.717, 1.165) is 10.9 Å². The minimum Gasteiger partial charge on any atom is -0.490 e. The van der Waals surface area contributed by atoms with Crippen molar-refractivity contribution in [1.29, 1.82) is 0 Å². The van der Waals surface area contributed by atoms with Crippen LogP contribution in [0.2, 0.25) is 0 Å². The summed E-state index contributed by atoms with van der Waals surface area (Å²) in [7, 11) is 0. The lowest BCUT2D eigenvalue weighted by Gasteiger charge is -2.15. The SMILES string of the molecule is CCCc1nc2ccc(Br)cc2c(=O)n1N=Cc1cc(Br)c(OCc2cccc(C(=O)O)c2)c(OCC)c1. The number of hydrogen-bond donors (Lipinski definition) is 1. The Kier molecular flexibility index (Phi) is 8.96. The second-order valence-electron chi connectivity index (χ2n) is 8.36. The summed E-state index contributed by atoms with van der Waals surface area (Å²) in [5.74, 6) is 0.545. The summed E-state index contributed by atoms with van der Waals surface area (Å²) < 4.78 is 14.6. The molecule has 1 aromatic heterocycles. The highest BCUT2D eigenvalue weighted by Crippen LogP contribution is 2.37. The number of carbonyl (C=O) groups is 1. The maximum absolute atomic E-state index is 13.3. The summed E-state index contributed by atoms with van der Waals surface area (Å²) in [4.78, 5) is 29.2. The normalized spacial score (nSPS) is 11.3. The minimum atomic E-state index is -0.998. The minimum absolute atomic E-state index is 0.154. The smallest absolute Gasteiger partial charge is 0.335 e. The van der Waals surface area contributed by atoms with Crippen LogP contribution in [0, 0.1) is 0 Å². The van der Waals surface area contributed by atoms with Crippen LogP contribution in [0.25, 0.3) is 10.9 Å². The van der Waals surface area contributed by atoms with Crippen LogP contribution in [-0.4, -0.2) is 33.6 Å². The Labute approximate surface area is 236 Å². The first-order valence-electron chi connectivity index (χ1n) is 12.0. The van der Waals surface area contributed by atoms with Gasteiger partial charge in [0.15, 0.2) is 11.5 Å². The molecule has 0 atom stereocenters. The summed E-state index contributed by atoms with van der Waals surface area (Å²) in [5.41, 5.74) is 1.97. The van der Waals surface area contributed by atoms with Crippen LogP contribution in [0.1, 0.15) is 47.6 Å². The highest BCUT2D eigenvalue weighted by Gasteiger charge is 2.14.